The molecule has 0 bridgehead atoms. The molecule has 0 aromatic heterocycles. The van der Waals surface area contributed by atoms with Gasteiger partial charge < -0.3 is 4.90 Å². The molecule has 2 aromatic rings. The van der Waals surface area contributed by atoms with Crippen LogP contribution in [0.15, 0.2) is 64.0 Å². The zero-order valence-electron chi connectivity index (χ0n) is 13.7. The van der Waals surface area contributed by atoms with Gasteiger partial charge in [-0.3, -0.25) is 4.79 Å². The molecule has 1 fully saturated rings. The minimum Gasteiger partial charge on any atom is -0.342 e. The summed E-state index contributed by atoms with van der Waals surface area (Å²) in [5, 5.41) is 0. The lowest BCUT2D eigenvalue weighted by Gasteiger charge is -2.32. The number of halogens is 1. The Kier molecular flexibility index (Phi) is 6.38. The van der Waals surface area contributed by atoms with E-state index >= 15 is 0 Å². The van der Waals surface area contributed by atoms with E-state index in [9.17, 15) is 4.79 Å². The number of amides is 1. The van der Waals surface area contributed by atoms with E-state index < -0.39 is 0 Å². The first kappa shape index (κ1) is 17.6. The van der Waals surface area contributed by atoms with Crippen molar-refractivity contribution in [3.05, 3.63) is 64.6 Å². The van der Waals surface area contributed by atoms with E-state index in [1.165, 1.54) is 5.56 Å². The van der Waals surface area contributed by atoms with Gasteiger partial charge in [0.25, 0.3) is 0 Å². The third-order valence-corrected chi connectivity index (χ3v) is 6.04. The molecule has 2 nitrogen and oxygen atoms in total. The number of benzene rings is 2. The second kappa shape index (κ2) is 8.72. The van der Waals surface area contributed by atoms with Crippen LogP contribution in [-0.4, -0.2) is 29.6 Å². The number of piperidine rings is 1. The van der Waals surface area contributed by atoms with Crippen LogP contribution in [0.25, 0.3) is 0 Å². The molecule has 0 spiro atoms. The van der Waals surface area contributed by atoms with Crippen LogP contribution in [0, 0.1) is 5.92 Å². The summed E-state index contributed by atoms with van der Waals surface area (Å²) in [7, 11) is 0. The van der Waals surface area contributed by atoms with Gasteiger partial charge in [-0.15, -0.1) is 11.8 Å². The maximum absolute atomic E-state index is 12.4. The zero-order chi connectivity index (χ0) is 16.8. The molecule has 1 heterocycles. The average molecular weight is 404 g/mol. The first-order valence-electron chi connectivity index (χ1n) is 8.41. The molecule has 4 heteroatoms. The highest BCUT2D eigenvalue weighted by Gasteiger charge is 2.22. The van der Waals surface area contributed by atoms with Crippen molar-refractivity contribution in [2.45, 2.75) is 24.2 Å². The number of carbonyl (C=O) groups excluding carboxylic acids is 1. The predicted molar refractivity (Wildman–Crippen MR) is 104 cm³/mol. The van der Waals surface area contributed by atoms with Gasteiger partial charge in [0, 0.05) is 22.5 Å². The Balaban J connectivity index is 1.42. The topological polar surface area (TPSA) is 20.3 Å². The Bertz CT molecular complexity index is 651. The van der Waals surface area contributed by atoms with Crippen molar-refractivity contribution in [1.82, 2.24) is 4.90 Å². The van der Waals surface area contributed by atoms with E-state index in [2.05, 4.69) is 46.3 Å². The van der Waals surface area contributed by atoms with Crippen molar-refractivity contribution >= 4 is 33.6 Å². The standard InChI is InChI=1S/C20H22BrNOS/c21-18-6-8-19(9-7-18)24-15-20(23)22-12-10-17(11-13-22)14-16-4-2-1-3-5-16/h1-9,17H,10-15H2. The molecule has 1 aliphatic heterocycles. The van der Waals surface area contributed by atoms with E-state index in [4.69, 9.17) is 0 Å². The third kappa shape index (κ3) is 5.12. The molecule has 24 heavy (non-hydrogen) atoms. The van der Waals surface area contributed by atoms with Gasteiger partial charge in [-0.2, -0.15) is 0 Å². The lowest BCUT2D eigenvalue weighted by Crippen LogP contribution is -2.39. The highest BCUT2D eigenvalue weighted by atomic mass is 79.9. The van der Waals surface area contributed by atoms with E-state index in [1.54, 1.807) is 11.8 Å². The van der Waals surface area contributed by atoms with E-state index in [0.717, 1.165) is 41.7 Å². The Morgan fingerprint density at radius 2 is 1.71 bits per heavy atom. The highest BCUT2D eigenvalue weighted by molar-refractivity contribution is 9.10. The molecule has 0 saturated carbocycles. The smallest absolute Gasteiger partial charge is 0.232 e. The van der Waals surface area contributed by atoms with Crippen LogP contribution in [0.2, 0.25) is 0 Å². The van der Waals surface area contributed by atoms with Crippen molar-refractivity contribution < 1.29 is 4.79 Å². The van der Waals surface area contributed by atoms with Gasteiger partial charge >= 0.3 is 0 Å². The molecule has 126 valence electrons. The highest BCUT2D eigenvalue weighted by Crippen LogP contribution is 2.24. The van der Waals surface area contributed by atoms with Crippen LogP contribution < -0.4 is 0 Å². The van der Waals surface area contributed by atoms with Gasteiger partial charge in [-0.25, -0.2) is 0 Å². The zero-order valence-corrected chi connectivity index (χ0v) is 16.1. The SMILES string of the molecule is O=C(CSc1ccc(Br)cc1)N1CCC(Cc2ccccc2)CC1. The maximum Gasteiger partial charge on any atom is 0.232 e. The molecular weight excluding hydrogens is 382 g/mol. The second-order valence-electron chi connectivity index (χ2n) is 6.26. The Hall–Kier alpha value is -1.26. The fraction of sp³-hybridized carbons (Fsp3) is 0.350. The number of hydrogen-bond acceptors (Lipinski definition) is 2. The number of likely N-dealkylation sites (tertiary alicyclic amines) is 1. The minimum atomic E-state index is 0.265. The van der Waals surface area contributed by atoms with Gasteiger partial charge in [0.2, 0.25) is 5.91 Å². The predicted octanol–water partition coefficient (Wildman–Crippen LogP) is 5.02. The van der Waals surface area contributed by atoms with Gasteiger partial charge in [-0.05, 0) is 55.0 Å². The molecule has 0 radical (unpaired) electrons. The molecule has 2 aromatic carbocycles. The van der Waals surface area contributed by atoms with E-state index in [0.29, 0.717) is 11.7 Å². The summed E-state index contributed by atoms with van der Waals surface area (Å²) in [6.45, 7) is 1.80. The van der Waals surface area contributed by atoms with Gasteiger partial charge in [0.15, 0.2) is 0 Å². The summed E-state index contributed by atoms with van der Waals surface area (Å²) in [4.78, 5) is 15.6. The molecule has 0 N–H and O–H groups in total. The van der Waals surface area contributed by atoms with Crippen molar-refractivity contribution in [3.63, 3.8) is 0 Å². The van der Waals surface area contributed by atoms with Crippen LogP contribution in [0.5, 0.6) is 0 Å². The Morgan fingerprint density at radius 1 is 1.04 bits per heavy atom. The molecule has 0 unspecified atom stereocenters. The summed E-state index contributed by atoms with van der Waals surface area (Å²) in [6.07, 6.45) is 3.36. The summed E-state index contributed by atoms with van der Waals surface area (Å²) < 4.78 is 1.07. The van der Waals surface area contributed by atoms with Gasteiger partial charge in [0.05, 0.1) is 5.75 Å². The Labute approximate surface area is 156 Å². The monoisotopic (exact) mass is 403 g/mol. The molecule has 0 aliphatic carbocycles. The molecule has 3 rings (SSSR count). The number of carbonyl (C=O) groups is 1. The van der Waals surface area contributed by atoms with Crippen LogP contribution >= 0.6 is 27.7 Å². The normalized spacial score (nSPS) is 15.5. The number of hydrogen-bond donors (Lipinski definition) is 0. The lowest BCUT2D eigenvalue weighted by atomic mass is 9.90. The summed E-state index contributed by atoms with van der Waals surface area (Å²) in [5.74, 6) is 1.50. The van der Waals surface area contributed by atoms with Gasteiger partial charge in [0.1, 0.15) is 0 Å². The number of rotatable bonds is 5. The summed E-state index contributed by atoms with van der Waals surface area (Å²) in [6, 6.07) is 18.8. The molecular formula is C20H22BrNOS. The summed E-state index contributed by atoms with van der Waals surface area (Å²) in [5.41, 5.74) is 1.41. The van der Waals surface area contributed by atoms with E-state index in [1.807, 2.05) is 29.2 Å². The Morgan fingerprint density at radius 3 is 2.38 bits per heavy atom. The first-order valence-corrected chi connectivity index (χ1v) is 10.2. The lowest BCUT2D eigenvalue weighted by molar-refractivity contribution is -0.129. The van der Waals surface area contributed by atoms with E-state index in [-0.39, 0.29) is 5.91 Å². The van der Waals surface area contributed by atoms with Crippen molar-refractivity contribution in [1.29, 1.82) is 0 Å². The second-order valence-corrected chi connectivity index (χ2v) is 8.22. The van der Waals surface area contributed by atoms with Crippen LogP contribution in [0.3, 0.4) is 0 Å². The quantitative estimate of drug-likeness (QED) is 0.652. The molecule has 0 atom stereocenters. The largest absolute Gasteiger partial charge is 0.342 e. The summed E-state index contributed by atoms with van der Waals surface area (Å²) >= 11 is 5.06. The number of nitrogens with zero attached hydrogens (tertiary/aromatic N) is 1. The first-order chi connectivity index (χ1) is 11.7. The average Bonchev–Trinajstić information content (AvgIpc) is 2.62. The fourth-order valence-corrected chi connectivity index (χ4v) is 4.17. The van der Waals surface area contributed by atoms with Crippen molar-refractivity contribution in [3.8, 4) is 0 Å². The maximum atomic E-state index is 12.4. The minimum absolute atomic E-state index is 0.265. The van der Waals surface area contributed by atoms with Crippen LogP contribution in [-0.2, 0) is 11.2 Å². The molecule has 1 amide bonds. The third-order valence-electron chi connectivity index (χ3n) is 4.51. The van der Waals surface area contributed by atoms with Crippen molar-refractivity contribution in [2.24, 2.45) is 5.92 Å². The van der Waals surface area contributed by atoms with Crippen LogP contribution in [0.1, 0.15) is 18.4 Å². The van der Waals surface area contributed by atoms with Crippen molar-refractivity contribution in [2.75, 3.05) is 18.8 Å². The molecule has 1 saturated heterocycles. The fourth-order valence-electron chi connectivity index (χ4n) is 3.10. The molecule has 1 aliphatic rings. The number of thioether (sulfide) groups is 1. The van der Waals surface area contributed by atoms with Crippen LogP contribution in [0.4, 0.5) is 0 Å². The van der Waals surface area contributed by atoms with Gasteiger partial charge in [-0.1, -0.05) is 46.3 Å².